The summed E-state index contributed by atoms with van der Waals surface area (Å²) in [6.07, 6.45) is -1.18. The number of aromatic hydroxyl groups is 1. The lowest BCUT2D eigenvalue weighted by Crippen LogP contribution is -2.08. The van der Waals surface area contributed by atoms with Crippen molar-refractivity contribution in [2.75, 3.05) is 0 Å². The number of ether oxygens (including phenoxy) is 1. The van der Waals surface area contributed by atoms with E-state index in [1.165, 1.54) is 0 Å². The third-order valence-electron chi connectivity index (χ3n) is 2.69. The van der Waals surface area contributed by atoms with E-state index in [0.29, 0.717) is 5.75 Å². The molecule has 0 bridgehead atoms. The summed E-state index contributed by atoms with van der Waals surface area (Å²) in [7, 11) is 0. The van der Waals surface area contributed by atoms with Gasteiger partial charge in [-0.05, 0) is 120 Å². The van der Waals surface area contributed by atoms with Gasteiger partial charge in [0.2, 0.25) is 0 Å². The lowest BCUT2D eigenvalue weighted by molar-refractivity contribution is -0.0381. The van der Waals surface area contributed by atoms with Gasteiger partial charge in [-0.2, -0.15) is 0 Å². The van der Waals surface area contributed by atoms with Crippen LogP contribution in [-0.4, -0.2) is 21.6 Å². The van der Waals surface area contributed by atoms with E-state index in [1.807, 2.05) is 12.1 Å². The van der Waals surface area contributed by atoms with Crippen LogP contribution in [0.5, 0.6) is 17.2 Å². The molecular formula is C14H10I4O4. The van der Waals surface area contributed by atoms with Gasteiger partial charge < -0.3 is 20.1 Å². The van der Waals surface area contributed by atoms with E-state index in [4.69, 9.17) is 14.9 Å². The van der Waals surface area contributed by atoms with Gasteiger partial charge in [-0.1, -0.05) is 0 Å². The maximum absolute atomic E-state index is 9.81. The lowest BCUT2D eigenvalue weighted by atomic mass is 10.1. The van der Waals surface area contributed by atoms with E-state index in [1.54, 1.807) is 12.1 Å². The highest BCUT2D eigenvalue weighted by Crippen LogP contribution is 2.36. The van der Waals surface area contributed by atoms with Gasteiger partial charge in [0, 0.05) is 6.42 Å². The topological polar surface area (TPSA) is 69.9 Å². The molecule has 0 heterocycles. The highest BCUT2D eigenvalue weighted by molar-refractivity contribution is 14.1. The number of aliphatic hydroxyl groups excluding tert-OH is 1. The molecule has 2 rings (SSSR count). The first-order valence-corrected chi connectivity index (χ1v) is 10.3. The quantitative estimate of drug-likeness (QED) is 0.320. The van der Waals surface area contributed by atoms with Gasteiger partial charge in [0.05, 0.1) is 14.3 Å². The fourth-order valence-electron chi connectivity index (χ4n) is 1.76. The molecule has 0 aliphatic carbocycles. The normalized spacial score (nSPS) is 11.0. The van der Waals surface area contributed by atoms with Crippen LogP contribution in [0.25, 0.3) is 0 Å². The molecule has 8 heteroatoms. The first-order valence-electron chi connectivity index (χ1n) is 5.98. The summed E-state index contributed by atoms with van der Waals surface area (Å²) in [6, 6.07) is 7.28. The standard InChI is InChI=1S/C14H10I4O4/c15-8-4-7(5-9(16)13(8)21)22-14-10(17)1-6(2-11(14)18)3-12(19)20/h1-2,4-5,12,19-21H,3H2. The molecule has 0 unspecified atom stereocenters. The number of phenolic OH excluding ortho intramolecular Hbond substituents is 1. The minimum absolute atomic E-state index is 0.182. The minimum Gasteiger partial charge on any atom is -0.506 e. The lowest BCUT2D eigenvalue weighted by Gasteiger charge is -2.14. The molecule has 2 aromatic carbocycles. The van der Waals surface area contributed by atoms with E-state index in [-0.39, 0.29) is 12.2 Å². The summed E-state index contributed by atoms with van der Waals surface area (Å²) in [4.78, 5) is 0. The summed E-state index contributed by atoms with van der Waals surface area (Å²) >= 11 is 8.45. The number of phenols is 1. The number of hydrogen-bond acceptors (Lipinski definition) is 4. The number of halogens is 4. The van der Waals surface area contributed by atoms with Crippen LogP contribution in [0.15, 0.2) is 24.3 Å². The Bertz CT molecular complexity index is 657. The second kappa shape index (κ2) is 8.31. The number of benzene rings is 2. The van der Waals surface area contributed by atoms with Crippen molar-refractivity contribution in [3.8, 4) is 17.2 Å². The Morgan fingerprint density at radius 1 is 0.864 bits per heavy atom. The molecular weight excluding hydrogens is 740 g/mol. The summed E-state index contributed by atoms with van der Waals surface area (Å²) in [6.45, 7) is 0. The van der Waals surface area contributed by atoms with Crippen molar-refractivity contribution < 1.29 is 20.1 Å². The average molecular weight is 750 g/mol. The van der Waals surface area contributed by atoms with Gasteiger partial charge in [-0.15, -0.1) is 0 Å². The largest absolute Gasteiger partial charge is 0.506 e. The van der Waals surface area contributed by atoms with Crippen molar-refractivity contribution in [2.24, 2.45) is 0 Å². The highest BCUT2D eigenvalue weighted by Gasteiger charge is 2.13. The Labute approximate surface area is 182 Å². The molecule has 0 aliphatic heterocycles. The molecule has 0 spiro atoms. The Morgan fingerprint density at radius 3 is 1.82 bits per heavy atom. The smallest absolute Gasteiger partial charge is 0.155 e. The molecule has 2 aromatic rings. The zero-order valence-electron chi connectivity index (χ0n) is 10.9. The molecule has 0 amide bonds. The van der Waals surface area contributed by atoms with Crippen LogP contribution in [0, 0.1) is 14.3 Å². The zero-order chi connectivity index (χ0) is 16.4. The third-order valence-corrected chi connectivity index (χ3v) is 5.93. The molecule has 3 N–H and O–H groups in total. The average Bonchev–Trinajstić information content (AvgIpc) is 2.39. The molecule has 0 atom stereocenters. The monoisotopic (exact) mass is 750 g/mol. The first kappa shape index (κ1) is 19.2. The van der Waals surface area contributed by atoms with Crippen molar-refractivity contribution in [1.82, 2.24) is 0 Å². The van der Waals surface area contributed by atoms with Crippen LogP contribution in [0.4, 0.5) is 0 Å². The van der Waals surface area contributed by atoms with E-state index in [2.05, 4.69) is 90.4 Å². The second-order valence-electron chi connectivity index (χ2n) is 4.41. The van der Waals surface area contributed by atoms with E-state index < -0.39 is 6.29 Å². The minimum atomic E-state index is -1.36. The Hall–Kier alpha value is 0.880. The maximum Gasteiger partial charge on any atom is 0.155 e. The van der Waals surface area contributed by atoms with Gasteiger partial charge in [0.25, 0.3) is 0 Å². The SMILES string of the molecule is Oc1c(I)cc(Oc2c(I)cc(CC(O)O)cc2I)cc1I. The Kier molecular flexibility index (Phi) is 7.26. The van der Waals surface area contributed by atoms with Crippen molar-refractivity contribution in [2.45, 2.75) is 12.7 Å². The maximum atomic E-state index is 9.81. The summed E-state index contributed by atoms with van der Waals surface area (Å²) < 4.78 is 9.18. The second-order valence-corrected chi connectivity index (χ2v) is 9.06. The van der Waals surface area contributed by atoms with E-state index in [9.17, 15) is 5.11 Å². The highest BCUT2D eigenvalue weighted by atomic mass is 127. The van der Waals surface area contributed by atoms with Gasteiger partial charge in [0.1, 0.15) is 11.5 Å². The van der Waals surface area contributed by atoms with Crippen molar-refractivity contribution in [1.29, 1.82) is 0 Å². The van der Waals surface area contributed by atoms with Gasteiger partial charge in [-0.25, -0.2) is 0 Å². The van der Waals surface area contributed by atoms with E-state index in [0.717, 1.165) is 25.6 Å². The van der Waals surface area contributed by atoms with Gasteiger partial charge >= 0.3 is 0 Å². The van der Waals surface area contributed by atoms with Crippen LogP contribution in [0.3, 0.4) is 0 Å². The van der Waals surface area contributed by atoms with Crippen LogP contribution >= 0.6 is 90.4 Å². The molecule has 0 saturated carbocycles. The first-order chi connectivity index (χ1) is 10.3. The predicted octanol–water partition coefficient (Wildman–Crippen LogP) is 4.46. The molecule has 0 radical (unpaired) electrons. The number of hydrogen-bond donors (Lipinski definition) is 3. The van der Waals surface area contributed by atoms with Crippen molar-refractivity contribution in [3.05, 3.63) is 44.1 Å². The predicted molar refractivity (Wildman–Crippen MR) is 117 cm³/mol. The van der Waals surface area contributed by atoms with Gasteiger partial charge in [0.15, 0.2) is 12.0 Å². The molecule has 4 nitrogen and oxygen atoms in total. The number of aliphatic hydroxyl groups is 2. The molecule has 0 aliphatic rings. The Balaban J connectivity index is 2.34. The van der Waals surface area contributed by atoms with Crippen molar-refractivity contribution >= 4 is 90.4 Å². The molecule has 22 heavy (non-hydrogen) atoms. The fourth-order valence-corrected chi connectivity index (χ4v) is 5.59. The van der Waals surface area contributed by atoms with E-state index >= 15 is 0 Å². The molecule has 0 aromatic heterocycles. The van der Waals surface area contributed by atoms with Crippen LogP contribution < -0.4 is 4.74 Å². The van der Waals surface area contributed by atoms with Crippen molar-refractivity contribution in [3.63, 3.8) is 0 Å². The number of rotatable bonds is 4. The third kappa shape index (κ3) is 4.94. The zero-order valence-corrected chi connectivity index (χ0v) is 19.5. The Morgan fingerprint density at radius 2 is 1.36 bits per heavy atom. The van der Waals surface area contributed by atoms with Crippen LogP contribution in [0.2, 0.25) is 0 Å². The van der Waals surface area contributed by atoms with Crippen LogP contribution in [0.1, 0.15) is 5.56 Å². The summed E-state index contributed by atoms with van der Waals surface area (Å²) in [5, 5.41) is 28.0. The summed E-state index contributed by atoms with van der Waals surface area (Å²) in [5.74, 6) is 1.62. The fraction of sp³-hybridized carbons (Fsp3) is 0.143. The van der Waals surface area contributed by atoms with Gasteiger partial charge in [-0.3, -0.25) is 0 Å². The van der Waals surface area contributed by atoms with Crippen LogP contribution in [-0.2, 0) is 6.42 Å². The molecule has 0 saturated heterocycles. The molecule has 0 fully saturated rings. The summed E-state index contributed by atoms with van der Waals surface area (Å²) in [5.41, 5.74) is 0.839. The molecule has 118 valence electrons.